The number of azo groups is 1. The molecule has 1 N–H and O–H groups in total. The maximum atomic E-state index is 11.1. The van der Waals surface area contributed by atoms with Crippen molar-refractivity contribution in [2.45, 2.75) is 6.92 Å². The molecule has 0 radical (unpaired) electrons. The Bertz CT molecular complexity index is 713. The summed E-state index contributed by atoms with van der Waals surface area (Å²) in [6, 6.07) is 12.9. The predicted molar refractivity (Wildman–Crippen MR) is 78.0 cm³/mol. The van der Waals surface area contributed by atoms with Gasteiger partial charge in [0.05, 0.1) is 10.6 Å². The monoisotopic (exact) mass is 284 g/mol. The molecular weight excluding hydrogens is 272 g/mol. The second kappa shape index (κ2) is 6.38. The molecular formula is C14H12N4O3. The molecule has 2 aromatic carbocycles. The van der Waals surface area contributed by atoms with Gasteiger partial charge >= 0.3 is 0 Å². The first kappa shape index (κ1) is 14.3. The van der Waals surface area contributed by atoms with Gasteiger partial charge in [0, 0.05) is 13.0 Å². The Kier molecular flexibility index (Phi) is 4.35. The topological polar surface area (TPSA) is 97.0 Å². The SMILES string of the molecule is CC(=O)Nc1ccccc1N=Nc1ccccc1[N+](=O)[O-]. The molecule has 0 bridgehead atoms. The van der Waals surface area contributed by atoms with Crippen LogP contribution < -0.4 is 5.32 Å². The first-order chi connectivity index (χ1) is 10.1. The smallest absolute Gasteiger partial charge is 0.296 e. The average molecular weight is 284 g/mol. The third-order valence-electron chi connectivity index (χ3n) is 2.56. The molecule has 106 valence electrons. The molecule has 0 unspecified atom stereocenters. The molecule has 21 heavy (non-hydrogen) atoms. The molecule has 0 heterocycles. The van der Waals surface area contributed by atoms with Crippen molar-refractivity contribution in [3.05, 3.63) is 58.6 Å². The van der Waals surface area contributed by atoms with E-state index in [0.29, 0.717) is 11.4 Å². The molecule has 0 saturated heterocycles. The second-order valence-corrected chi connectivity index (χ2v) is 4.14. The highest BCUT2D eigenvalue weighted by Gasteiger charge is 2.11. The highest BCUT2D eigenvalue weighted by atomic mass is 16.6. The number of carbonyl (C=O) groups is 1. The highest BCUT2D eigenvalue weighted by Crippen LogP contribution is 2.30. The van der Waals surface area contributed by atoms with Crippen molar-refractivity contribution in [2.24, 2.45) is 10.2 Å². The number of hydrogen-bond acceptors (Lipinski definition) is 5. The van der Waals surface area contributed by atoms with Crippen LogP contribution in [0.4, 0.5) is 22.7 Å². The second-order valence-electron chi connectivity index (χ2n) is 4.14. The summed E-state index contributed by atoms with van der Waals surface area (Å²) in [4.78, 5) is 21.5. The number of hydrogen-bond donors (Lipinski definition) is 1. The lowest BCUT2D eigenvalue weighted by molar-refractivity contribution is -0.384. The van der Waals surface area contributed by atoms with E-state index in [0.717, 1.165) is 0 Å². The van der Waals surface area contributed by atoms with Gasteiger partial charge in [-0.15, -0.1) is 10.2 Å². The zero-order valence-electron chi connectivity index (χ0n) is 11.2. The fourth-order valence-corrected chi connectivity index (χ4v) is 1.67. The Balaban J connectivity index is 2.34. The van der Waals surface area contributed by atoms with Gasteiger partial charge in [-0.25, -0.2) is 0 Å². The van der Waals surface area contributed by atoms with E-state index in [2.05, 4.69) is 15.5 Å². The molecule has 2 aromatic rings. The van der Waals surface area contributed by atoms with Crippen LogP contribution in [0.2, 0.25) is 0 Å². The number of para-hydroxylation sites is 2. The van der Waals surface area contributed by atoms with E-state index in [9.17, 15) is 14.9 Å². The van der Waals surface area contributed by atoms with Gasteiger partial charge < -0.3 is 5.32 Å². The van der Waals surface area contributed by atoms with Crippen LogP contribution in [0.1, 0.15) is 6.92 Å². The summed E-state index contributed by atoms with van der Waals surface area (Å²) in [5.74, 6) is -0.233. The summed E-state index contributed by atoms with van der Waals surface area (Å²) < 4.78 is 0. The molecule has 2 rings (SSSR count). The Morgan fingerprint density at radius 1 is 1.05 bits per heavy atom. The lowest BCUT2D eigenvalue weighted by atomic mass is 10.2. The van der Waals surface area contributed by atoms with Crippen LogP contribution in [0, 0.1) is 10.1 Å². The number of amides is 1. The van der Waals surface area contributed by atoms with Crippen LogP contribution >= 0.6 is 0 Å². The van der Waals surface area contributed by atoms with Crippen molar-refractivity contribution < 1.29 is 9.72 Å². The Morgan fingerprint density at radius 2 is 1.62 bits per heavy atom. The van der Waals surface area contributed by atoms with E-state index in [4.69, 9.17) is 0 Å². The van der Waals surface area contributed by atoms with Crippen molar-refractivity contribution >= 4 is 28.7 Å². The van der Waals surface area contributed by atoms with Crippen molar-refractivity contribution in [3.8, 4) is 0 Å². The minimum atomic E-state index is -0.520. The Labute approximate surface area is 120 Å². The van der Waals surface area contributed by atoms with Gasteiger partial charge in [-0.1, -0.05) is 24.3 Å². The molecule has 0 atom stereocenters. The Hall–Kier alpha value is -3.09. The minimum Gasteiger partial charge on any atom is -0.324 e. The van der Waals surface area contributed by atoms with E-state index in [1.807, 2.05) is 0 Å². The van der Waals surface area contributed by atoms with Gasteiger partial charge in [-0.05, 0) is 18.2 Å². The number of carbonyl (C=O) groups excluding carboxylic acids is 1. The summed E-state index contributed by atoms with van der Waals surface area (Å²) in [6.45, 7) is 1.38. The van der Waals surface area contributed by atoms with E-state index >= 15 is 0 Å². The lowest BCUT2D eigenvalue weighted by Crippen LogP contribution is -2.05. The van der Waals surface area contributed by atoms with Crippen molar-refractivity contribution in [3.63, 3.8) is 0 Å². The highest BCUT2D eigenvalue weighted by molar-refractivity contribution is 5.91. The summed E-state index contributed by atoms with van der Waals surface area (Å²) in [6.07, 6.45) is 0. The minimum absolute atomic E-state index is 0.127. The summed E-state index contributed by atoms with van der Waals surface area (Å²) in [5, 5.41) is 21.4. The third-order valence-corrected chi connectivity index (χ3v) is 2.56. The van der Waals surface area contributed by atoms with Gasteiger partial charge in [0.25, 0.3) is 5.69 Å². The number of nitro benzene ring substituents is 1. The molecule has 1 amide bonds. The van der Waals surface area contributed by atoms with Crippen LogP contribution in [0.5, 0.6) is 0 Å². The van der Waals surface area contributed by atoms with E-state index in [1.165, 1.54) is 19.1 Å². The maximum Gasteiger partial charge on any atom is 0.296 e. The van der Waals surface area contributed by atoms with E-state index < -0.39 is 4.92 Å². The number of nitro groups is 1. The van der Waals surface area contributed by atoms with Crippen LogP contribution in [0.3, 0.4) is 0 Å². The first-order valence-corrected chi connectivity index (χ1v) is 6.09. The van der Waals surface area contributed by atoms with Gasteiger partial charge in [0.15, 0.2) is 5.69 Å². The number of benzene rings is 2. The normalized spacial score (nSPS) is 10.5. The summed E-state index contributed by atoms with van der Waals surface area (Å²) >= 11 is 0. The largest absolute Gasteiger partial charge is 0.324 e. The van der Waals surface area contributed by atoms with Gasteiger partial charge in [0.2, 0.25) is 5.91 Å². The zero-order chi connectivity index (χ0) is 15.2. The zero-order valence-corrected chi connectivity index (χ0v) is 11.2. The molecule has 0 fully saturated rings. The fourth-order valence-electron chi connectivity index (χ4n) is 1.67. The maximum absolute atomic E-state index is 11.1. The van der Waals surface area contributed by atoms with E-state index in [1.54, 1.807) is 36.4 Å². The van der Waals surface area contributed by atoms with Crippen LogP contribution in [0.25, 0.3) is 0 Å². The molecule has 0 saturated carbocycles. The fraction of sp³-hybridized carbons (Fsp3) is 0.0714. The molecule has 0 aliphatic rings. The number of rotatable bonds is 4. The van der Waals surface area contributed by atoms with Gasteiger partial charge in [0.1, 0.15) is 5.69 Å². The quantitative estimate of drug-likeness (QED) is 0.522. The van der Waals surface area contributed by atoms with Crippen molar-refractivity contribution in [2.75, 3.05) is 5.32 Å². The molecule has 0 aromatic heterocycles. The molecule has 7 nitrogen and oxygen atoms in total. The molecule has 0 aliphatic heterocycles. The standard InChI is InChI=1S/C14H12N4O3/c1-10(19)15-11-6-2-3-7-12(11)16-17-13-8-4-5-9-14(13)18(20)21/h2-9H,1H3,(H,15,19). The molecule has 0 aliphatic carbocycles. The van der Waals surface area contributed by atoms with E-state index in [-0.39, 0.29) is 17.3 Å². The summed E-state index contributed by atoms with van der Waals surface area (Å²) in [7, 11) is 0. The molecule has 7 heteroatoms. The third kappa shape index (κ3) is 3.69. The van der Waals surface area contributed by atoms with Crippen molar-refractivity contribution in [1.82, 2.24) is 0 Å². The lowest BCUT2D eigenvalue weighted by Gasteiger charge is -2.04. The predicted octanol–water partition coefficient (Wildman–Crippen LogP) is 3.97. The Morgan fingerprint density at radius 3 is 2.29 bits per heavy atom. The van der Waals surface area contributed by atoms with Crippen LogP contribution in [-0.4, -0.2) is 10.8 Å². The van der Waals surface area contributed by atoms with Crippen molar-refractivity contribution in [1.29, 1.82) is 0 Å². The number of nitrogens with zero attached hydrogens (tertiary/aromatic N) is 3. The molecule has 0 spiro atoms. The number of nitrogens with one attached hydrogen (secondary N) is 1. The summed E-state index contributed by atoms with van der Waals surface area (Å²) in [5.41, 5.74) is 0.941. The van der Waals surface area contributed by atoms with Crippen LogP contribution in [0.15, 0.2) is 58.8 Å². The average Bonchev–Trinajstić information content (AvgIpc) is 2.46. The first-order valence-electron chi connectivity index (χ1n) is 6.09. The van der Waals surface area contributed by atoms with Crippen LogP contribution in [-0.2, 0) is 4.79 Å². The van der Waals surface area contributed by atoms with Gasteiger partial charge in [-0.2, -0.15) is 0 Å². The van der Waals surface area contributed by atoms with Gasteiger partial charge in [-0.3, -0.25) is 14.9 Å². The number of anilines is 1.